The smallest absolute Gasteiger partial charge is 0.165 e. The summed E-state index contributed by atoms with van der Waals surface area (Å²) in [6.07, 6.45) is 4.56. The second kappa shape index (κ2) is 10.1. The molecule has 178 valence electrons. The molecule has 1 fully saturated rings. The van der Waals surface area contributed by atoms with Gasteiger partial charge >= 0.3 is 0 Å². The van der Waals surface area contributed by atoms with Gasteiger partial charge in [-0.25, -0.2) is 4.98 Å². The van der Waals surface area contributed by atoms with Gasteiger partial charge in [0.05, 0.1) is 28.4 Å². The number of hydrogen-bond donors (Lipinski definition) is 2. The first kappa shape index (κ1) is 24.1. The molecular formula is C24H32Cl2N6O. The zero-order valence-corrected chi connectivity index (χ0v) is 21.2. The Labute approximate surface area is 205 Å². The molecule has 0 aliphatic heterocycles. The molecule has 33 heavy (non-hydrogen) atoms. The fraction of sp³-hybridized carbons (Fsp3) is 0.500. The van der Waals surface area contributed by atoms with E-state index in [0.29, 0.717) is 33.4 Å². The van der Waals surface area contributed by atoms with Gasteiger partial charge in [-0.1, -0.05) is 23.2 Å². The van der Waals surface area contributed by atoms with Gasteiger partial charge in [-0.05, 0) is 58.7 Å². The van der Waals surface area contributed by atoms with E-state index < -0.39 is 0 Å². The molecule has 2 heterocycles. The lowest BCUT2D eigenvalue weighted by Crippen LogP contribution is -2.40. The van der Waals surface area contributed by atoms with Gasteiger partial charge in [0.1, 0.15) is 11.6 Å². The number of nitrogens with zero attached hydrogens (tertiary/aromatic N) is 4. The van der Waals surface area contributed by atoms with E-state index in [-0.39, 0.29) is 0 Å². The van der Waals surface area contributed by atoms with Crippen LogP contribution in [0.5, 0.6) is 5.75 Å². The monoisotopic (exact) mass is 490 g/mol. The number of benzene rings is 1. The molecule has 0 unspecified atom stereocenters. The molecule has 1 saturated carbocycles. The van der Waals surface area contributed by atoms with E-state index in [2.05, 4.69) is 17.3 Å². The molecule has 0 saturated heterocycles. The minimum absolute atomic E-state index is 0.366. The molecule has 1 aliphatic carbocycles. The minimum atomic E-state index is 0.366. The SMILES string of the molecule is COc1cc(Cl)c(-c2c(C)nn3c(NCCN(C)C4CCC(N)CC4)cc(C)nc23)c(Cl)c1. The number of aromatic nitrogens is 3. The summed E-state index contributed by atoms with van der Waals surface area (Å²) in [6, 6.07) is 6.50. The molecule has 0 spiro atoms. The molecule has 3 N–H and O–H groups in total. The number of likely N-dealkylation sites (N-methyl/N-ethyl adjacent to an activating group) is 1. The van der Waals surface area contributed by atoms with Gasteiger partial charge in [-0.2, -0.15) is 9.61 Å². The first-order valence-corrected chi connectivity index (χ1v) is 12.1. The van der Waals surface area contributed by atoms with Crippen molar-refractivity contribution in [1.29, 1.82) is 0 Å². The van der Waals surface area contributed by atoms with E-state index in [1.807, 2.05) is 24.4 Å². The largest absolute Gasteiger partial charge is 0.497 e. The fourth-order valence-corrected chi connectivity index (χ4v) is 5.31. The summed E-state index contributed by atoms with van der Waals surface area (Å²) in [5.74, 6) is 1.50. The van der Waals surface area contributed by atoms with Gasteiger partial charge in [0.25, 0.3) is 0 Å². The van der Waals surface area contributed by atoms with Crippen LogP contribution < -0.4 is 15.8 Å². The Morgan fingerprint density at radius 2 is 1.79 bits per heavy atom. The van der Waals surface area contributed by atoms with Crippen molar-refractivity contribution in [2.24, 2.45) is 5.73 Å². The summed E-state index contributed by atoms with van der Waals surface area (Å²) in [5.41, 5.74) is 10.0. The summed E-state index contributed by atoms with van der Waals surface area (Å²) in [4.78, 5) is 7.20. The maximum atomic E-state index is 6.60. The van der Waals surface area contributed by atoms with Crippen LogP contribution in [0.4, 0.5) is 5.82 Å². The summed E-state index contributed by atoms with van der Waals surface area (Å²) in [5, 5.41) is 9.33. The molecule has 7 nitrogen and oxygen atoms in total. The number of methoxy groups -OCH3 is 1. The van der Waals surface area contributed by atoms with Gasteiger partial charge in [0.2, 0.25) is 0 Å². The van der Waals surface area contributed by atoms with Crippen molar-refractivity contribution in [3.63, 3.8) is 0 Å². The number of fused-ring (bicyclic) bond motifs is 1. The highest BCUT2D eigenvalue weighted by Crippen LogP contribution is 2.41. The lowest BCUT2D eigenvalue weighted by atomic mass is 9.91. The van der Waals surface area contributed by atoms with Gasteiger partial charge < -0.3 is 20.7 Å². The molecule has 1 aliphatic rings. The van der Waals surface area contributed by atoms with E-state index in [9.17, 15) is 0 Å². The normalized spacial score (nSPS) is 18.8. The number of hydrogen-bond acceptors (Lipinski definition) is 6. The molecular weight excluding hydrogens is 459 g/mol. The Kier molecular flexibility index (Phi) is 7.34. The predicted molar refractivity (Wildman–Crippen MR) is 136 cm³/mol. The average Bonchev–Trinajstić information content (AvgIpc) is 3.09. The second-order valence-electron chi connectivity index (χ2n) is 8.92. The summed E-state index contributed by atoms with van der Waals surface area (Å²) < 4.78 is 7.13. The fourth-order valence-electron chi connectivity index (χ4n) is 4.66. The van der Waals surface area contributed by atoms with Crippen molar-refractivity contribution in [3.05, 3.63) is 39.6 Å². The Hall–Kier alpha value is -2.06. The van der Waals surface area contributed by atoms with Crippen LogP contribution in [-0.2, 0) is 0 Å². The van der Waals surface area contributed by atoms with Crippen molar-refractivity contribution in [1.82, 2.24) is 19.5 Å². The maximum absolute atomic E-state index is 6.60. The van der Waals surface area contributed by atoms with E-state index >= 15 is 0 Å². The number of aryl methyl sites for hydroxylation is 2. The van der Waals surface area contributed by atoms with Crippen molar-refractivity contribution in [3.8, 4) is 16.9 Å². The van der Waals surface area contributed by atoms with Crippen molar-refractivity contribution >= 4 is 34.7 Å². The average molecular weight is 491 g/mol. The third-order valence-corrected chi connectivity index (χ3v) is 7.12. The third-order valence-electron chi connectivity index (χ3n) is 6.53. The Balaban J connectivity index is 1.59. The number of rotatable bonds is 7. The topological polar surface area (TPSA) is 80.7 Å². The van der Waals surface area contributed by atoms with E-state index in [0.717, 1.165) is 54.3 Å². The third kappa shape index (κ3) is 5.06. The van der Waals surface area contributed by atoms with Crippen LogP contribution in [0.1, 0.15) is 37.1 Å². The van der Waals surface area contributed by atoms with Gasteiger partial charge in [0, 0.05) is 42.5 Å². The standard InChI is InChI=1S/C24H32Cl2N6O/c1-14-11-21(28-9-10-31(3)17-7-5-16(27)6-8-17)32-24(29-14)22(15(2)30-32)23-19(25)12-18(33-4)13-20(23)26/h11-13,16-17,28H,5-10,27H2,1-4H3. The molecule has 9 heteroatoms. The van der Waals surface area contributed by atoms with Crippen molar-refractivity contribution < 1.29 is 4.74 Å². The highest BCUT2D eigenvalue weighted by molar-refractivity contribution is 6.39. The molecule has 1 aromatic carbocycles. The van der Waals surface area contributed by atoms with Crippen LogP contribution >= 0.6 is 23.2 Å². The quantitative estimate of drug-likeness (QED) is 0.487. The zero-order chi connectivity index (χ0) is 23.7. The Bertz CT molecular complexity index is 1120. The number of halogens is 2. The van der Waals surface area contributed by atoms with Crippen molar-refractivity contribution in [2.75, 3.05) is 32.6 Å². The first-order valence-electron chi connectivity index (χ1n) is 11.4. The molecule has 0 bridgehead atoms. The summed E-state index contributed by atoms with van der Waals surface area (Å²) in [7, 11) is 3.78. The molecule has 2 aromatic heterocycles. The van der Waals surface area contributed by atoms with Gasteiger partial charge in [0.15, 0.2) is 5.65 Å². The predicted octanol–water partition coefficient (Wildman–Crippen LogP) is 4.94. The Morgan fingerprint density at radius 3 is 2.42 bits per heavy atom. The van der Waals surface area contributed by atoms with Crippen LogP contribution in [0.3, 0.4) is 0 Å². The molecule has 0 atom stereocenters. The highest BCUT2D eigenvalue weighted by Gasteiger charge is 2.23. The van der Waals surface area contributed by atoms with Gasteiger partial charge in [-0.15, -0.1) is 0 Å². The molecule has 4 rings (SSSR count). The van der Waals surface area contributed by atoms with E-state index in [1.54, 1.807) is 19.2 Å². The maximum Gasteiger partial charge on any atom is 0.165 e. The lowest BCUT2D eigenvalue weighted by molar-refractivity contribution is 0.189. The van der Waals surface area contributed by atoms with Gasteiger partial charge in [-0.3, -0.25) is 0 Å². The number of anilines is 1. The van der Waals surface area contributed by atoms with Crippen LogP contribution in [0.25, 0.3) is 16.8 Å². The number of nitrogens with one attached hydrogen (secondary N) is 1. The summed E-state index contributed by atoms with van der Waals surface area (Å²) in [6.45, 7) is 5.66. The molecule has 3 aromatic rings. The lowest BCUT2D eigenvalue weighted by Gasteiger charge is -2.33. The number of nitrogens with two attached hydrogens (primary N) is 1. The van der Waals surface area contributed by atoms with Crippen LogP contribution in [0.15, 0.2) is 18.2 Å². The van der Waals surface area contributed by atoms with E-state index in [4.69, 9.17) is 43.8 Å². The molecule has 0 radical (unpaired) electrons. The van der Waals surface area contributed by atoms with Crippen LogP contribution in [0.2, 0.25) is 10.0 Å². The highest BCUT2D eigenvalue weighted by atomic mass is 35.5. The first-order chi connectivity index (χ1) is 15.8. The zero-order valence-electron chi connectivity index (χ0n) is 19.7. The van der Waals surface area contributed by atoms with Crippen LogP contribution in [-0.4, -0.2) is 58.8 Å². The Morgan fingerprint density at radius 1 is 1.12 bits per heavy atom. The second-order valence-corrected chi connectivity index (χ2v) is 9.74. The number of ether oxygens (including phenoxy) is 1. The molecule has 0 amide bonds. The van der Waals surface area contributed by atoms with Crippen LogP contribution in [0, 0.1) is 13.8 Å². The van der Waals surface area contributed by atoms with E-state index in [1.165, 1.54) is 12.8 Å². The van der Waals surface area contributed by atoms with Crippen molar-refractivity contribution in [2.45, 2.75) is 51.6 Å². The summed E-state index contributed by atoms with van der Waals surface area (Å²) >= 11 is 13.2. The minimum Gasteiger partial charge on any atom is -0.497 e.